The first kappa shape index (κ1) is 15.2. The molecule has 1 aliphatic heterocycles. The van der Waals surface area contributed by atoms with Crippen LogP contribution in [0.4, 0.5) is 0 Å². The van der Waals surface area contributed by atoms with Gasteiger partial charge in [0.05, 0.1) is 0 Å². The summed E-state index contributed by atoms with van der Waals surface area (Å²) < 4.78 is 28.2. The SMILES string of the molecule is CCCCN(C)S(=O)(=O)N1CC2CCCC(N)C2C1. The molecule has 2 N–H and O–H groups in total. The van der Waals surface area contributed by atoms with E-state index in [-0.39, 0.29) is 6.04 Å². The number of nitrogens with two attached hydrogens (primary N) is 1. The van der Waals surface area contributed by atoms with E-state index in [9.17, 15) is 8.42 Å². The lowest BCUT2D eigenvalue weighted by atomic mass is 9.78. The number of fused-ring (bicyclic) bond motifs is 1. The van der Waals surface area contributed by atoms with Crippen LogP contribution in [0.3, 0.4) is 0 Å². The van der Waals surface area contributed by atoms with Gasteiger partial charge < -0.3 is 5.73 Å². The van der Waals surface area contributed by atoms with Gasteiger partial charge in [-0.3, -0.25) is 0 Å². The minimum absolute atomic E-state index is 0.180. The van der Waals surface area contributed by atoms with Crippen molar-refractivity contribution in [3.8, 4) is 0 Å². The van der Waals surface area contributed by atoms with Crippen molar-refractivity contribution in [2.75, 3.05) is 26.7 Å². The highest BCUT2D eigenvalue weighted by molar-refractivity contribution is 7.86. The minimum atomic E-state index is -3.28. The Balaban J connectivity index is 2.02. The van der Waals surface area contributed by atoms with Crippen LogP contribution in [0.5, 0.6) is 0 Å². The summed E-state index contributed by atoms with van der Waals surface area (Å²) in [6.07, 6.45) is 5.23. The van der Waals surface area contributed by atoms with Crippen LogP contribution in [0, 0.1) is 11.8 Å². The van der Waals surface area contributed by atoms with Crippen molar-refractivity contribution >= 4 is 10.2 Å². The fourth-order valence-corrected chi connectivity index (χ4v) is 4.85. The van der Waals surface area contributed by atoms with Gasteiger partial charge in [-0.2, -0.15) is 17.0 Å². The largest absolute Gasteiger partial charge is 0.327 e. The van der Waals surface area contributed by atoms with Crippen molar-refractivity contribution in [3.63, 3.8) is 0 Å². The van der Waals surface area contributed by atoms with Gasteiger partial charge in [0.15, 0.2) is 0 Å². The molecule has 0 aromatic heterocycles. The van der Waals surface area contributed by atoms with E-state index in [1.165, 1.54) is 4.31 Å². The zero-order chi connectivity index (χ0) is 14.0. The van der Waals surface area contributed by atoms with E-state index >= 15 is 0 Å². The number of hydrogen-bond donors (Lipinski definition) is 1. The highest BCUT2D eigenvalue weighted by atomic mass is 32.2. The van der Waals surface area contributed by atoms with Crippen LogP contribution in [0.15, 0.2) is 0 Å². The topological polar surface area (TPSA) is 66.6 Å². The van der Waals surface area contributed by atoms with E-state index in [1.54, 1.807) is 11.4 Å². The first-order valence-corrected chi connectivity index (χ1v) is 8.83. The summed E-state index contributed by atoms with van der Waals surface area (Å²) in [4.78, 5) is 0. The van der Waals surface area contributed by atoms with Crippen molar-refractivity contribution < 1.29 is 8.42 Å². The minimum Gasteiger partial charge on any atom is -0.327 e. The van der Waals surface area contributed by atoms with Crippen molar-refractivity contribution in [1.29, 1.82) is 0 Å². The summed E-state index contributed by atoms with van der Waals surface area (Å²) >= 11 is 0. The Bertz CT molecular complexity index is 399. The smallest absolute Gasteiger partial charge is 0.281 e. The lowest BCUT2D eigenvalue weighted by Gasteiger charge is -2.29. The van der Waals surface area contributed by atoms with Crippen LogP contribution in [-0.2, 0) is 10.2 Å². The van der Waals surface area contributed by atoms with Crippen molar-refractivity contribution in [2.24, 2.45) is 17.6 Å². The van der Waals surface area contributed by atoms with Gasteiger partial charge in [-0.1, -0.05) is 19.8 Å². The molecule has 0 aromatic carbocycles. The van der Waals surface area contributed by atoms with Gasteiger partial charge >= 0.3 is 0 Å². The molecule has 0 aromatic rings. The van der Waals surface area contributed by atoms with E-state index in [0.717, 1.165) is 32.1 Å². The molecule has 112 valence electrons. The van der Waals surface area contributed by atoms with Gasteiger partial charge in [0.1, 0.15) is 0 Å². The predicted octanol–water partition coefficient (Wildman–Crippen LogP) is 1.02. The molecular formula is C13H27N3O2S. The first-order chi connectivity index (χ1) is 8.96. The molecule has 3 atom stereocenters. The normalized spacial score (nSPS) is 32.7. The summed E-state index contributed by atoms with van der Waals surface area (Å²) in [7, 11) is -1.59. The van der Waals surface area contributed by atoms with Gasteiger partial charge in [-0.15, -0.1) is 0 Å². The number of hydrogen-bond acceptors (Lipinski definition) is 3. The Morgan fingerprint density at radius 2 is 2.05 bits per heavy atom. The van der Waals surface area contributed by atoms with Gasteiger partial charge in [-0.05, 0) is 31.1 Å². The Labute approximate surface area is 117 Å². The molecule has 2 fully saturated rings. The van der Waals surface area contributed by atoms with Crippen molar-refractivity contribution in [2.45, 2.75) is 45.1 Å². The maximum absolute atomic E-state index is 12.5. The summed E-state index contributed by atoms with van der Waals surface area (Å²) in [6, 6.07) is 0.180. The van der Waals surface area contributed by atoms with E-state index in [1.807, 2.05) is 0 Å². The third kappa shape index (κ3) is 3.12. The molecule has 2 aliphatic rings. The maximum Gasteiger partial charge on any atom is 0.281 e. The Morgan fingerprint density at radius 1 is 1.32 bits per heavy atom. The molecule has 1 saturated heterocycles. The lowest BCUT2D eigenvalue weighted by molar-refractivity contribution is 0.260. The van der Waals surface area contributed by atoms with Crippen molar-refractivity contribution in [1.82, 2.24) is 8.61 Å². The molecular weight excluding hydrogens is 262 g/mol. The Morgan fingerprint density at radius 3 is 2.68 bits per heavy atom. The molecule has 1 heterocycles. The summed E-state index contributed by atoms with van der Waals surface area (Å²) in [5, 5.41) is 0. The summed E-state index contributed by atoms with van der Waals surface area (Å²) in [5.41, 5.74) is 6.15. The lowest BCUT2D eigenvalue weighted by Crippen LogP contribution is -2.42. The van der Waals surface area contributed by atoms with E-state index < -0.39 is 10.2 Å². The van der Waals surface area contributed by atoms with Gasteiger partial charge in [0, 0.05) is 32.7 Å². The highest BCUT2D eigenvalue weighted by Crippen LogP contribution is 2.36. The molecule has 0 spiro atoms. The van der Waals surface area contributed by atoms with Crippen LogP contribution in [-0.4, -0.2) is 49.8 Å². The van der Waals surface area contributed by atoms with Gasteiger partial charge in [-0.25, -0.2) is 0 Å². The average molecular weight is 289 g/mol. The number of unbranched alkanes of at least 4 members (excludes halogenated alkanes) is 1. The predicted molar refractivity (Wildman–Crippen MR) is 76.8 cm³/mol. The number of rotatable bonds is 5. The Hall–Kier alpha value is -0.170. The standard InChI is InChI=1S/C13H27N3O2S/c1-3-4-8-15(2)19(17,18)16-9-11-6-5-7-13(14)12(11)10-16/h11-13H,3-10,14H2,1-2H3. The monoisotopic (exact) mass is 289 g/mol. The zero-order valence-corrected chi connectivity index (χ0v) is 12.9. The quantitative estimate of drug-likeness (QED) is 0.822. The fourth-order valence-electron chi connectivity index (χ4n) is 3.36. The molecule has 0 radical (unpaired) electrons. The molecule has 19 heavy (non-hydrogen) atoms. The van der Waals surface area contributed by atoms with E-state index in [2.05, 4.69) is 6.92 Å². The van der Waals surface area contributed by atoms with E-state index in [0.29, 0.717) is 31.5 Å². The first-order valence-electron chi connectivity index (χ1n) is 7.43. The highest BCUT2D eigenvalue weighted by Gasteiger charge is 2.43. The average Bonchev–Trinajstić information content (AvgIpc) is 2.82. The number of nitrogens with zero attached hydrogens (tertiary/aromatic N) is 2. The van der Waals surface area contributed by atoms with Gasteiger partial charge in [0.2, 0.25) is 0 Å². The van der Waals surface area contributed by atoms with E-state index in [4.69, 9.17) is 5.73 Å². The second kappa shape index (κ2) is 6.08. The molecule has 5 nitrogen and oxygen atoms in total. The molecule has 1 aliphatic carbocycles. The van der Waals surface area contributed by atoms with Crippen LogP contribution in [0.2, 0.25) is 0 Å². The van der Waals surface area contributed by atoms with Gasteiger partial charge in [0.25, 0.3) is 10.2 Å². The Kier molecular flexibility index (Phi) is 4.87. The second-order valence-corrected chi connectivity index (χ2v) is 8.05. The zero-order valence-electron chi connectivity index (χ0n) is 12.1. The van der Waals surface area contributed by atoms with Crippen LogP contribution < -0.4 is 5.73 Å². The molecule has 2 rings (SSSR count). The molecule has 6 heteroatoms. The summed E-state index contributed by atoms with van der Waals surface area (Å²) in [5.74, 6) is 0.834. The fraction of sp³-hybridized carbons (Fsp3) is 1.00. The van der Waals surface area contributed by atoms with Crippen LogP contribution in [0.1, 0.15) is 39.0 Å². The molecule has 0 amide bonds. The molecule has 1 saturated carbocycles. The third-order valence-corrected chi connectivity index (χ3v) is 6.59. The molecule has 3 unspecified atom stereocenters. The molecule has 0 bridgehead atoms. The van der Waals surface area contributed by atoms with Crippen LogP contribution in [0.25, 0.3) is 0 Å². The second-order valence-electron chi connectivity index (χ2n) is 6.02. The maximum atomic E-state index is 12.5. The third-order valence-electron chi connectivity index (χ3n) is 4.67. The van der Waals surface area contributed by atoms with Crippen molar-refractivity contribution in [3.05, 3.63) is 0 Å². The van der Waals surface area contributed by atoms with Crippen LogP contribution >= 0.6 is 0 Å². The summed E-state index contributed by atoms with van der Waals surface area (Å²) in [6.45, 7) is 3.96.